The molecule has 1 aromatic carbocycles. The van der Waals surface area contributed by atoms with Crippen LogP contribution in [0, 0.1) is 6.92 Å². The molecule has 0 radical (unpaired) electrons. The summed E-state index contributed by atoms with van der Waals surface area (Å²) in [6.07, 6.45) is 0. The number of methoxy groups -OCH3 is 1. The number of ether oxygens (including phenoxy) is 1. The fourth-order valence-electron chi connectivity index (χ4n) is 2.70. The average molecular weight is 334 g/mol. The van der Waals surface area contributed by atoms with Gasteiger partial charge in [-0.15, -0.1) is 0 Å². The molecule has 0 spiro atoms. The van der Waals surface area contributed by atoms with Gasteiger partial charge in [0.1, 0.15) is 0 Å². The Hall–Kier alpha value is -2.12. The number of nitrogens with one attached hydrogen (secondary N) is 1. The normalized spacial score (nSPS) is 15.3. The molecule has 0 saturated carbocycles. The molecule has 1 saturated heterocycles. The Bertz CT molecular complexity index is 583. The molecule has 1 heterocycles. The van der Waals surface area contributed by atoms with Crippen LogP contribution >= 0.6 is 0 Å². The summed E-state index contributed by atoms with van der Waals surface area (Å²) in [6.45, 7) is 5.87. The van der Waals surface area contributed by atoms with Crippen molar-refractivity contribution < 1.29 is 14.3 Å². The molecule has 0 bridgehead atoms. The Kier molecular flexibility index (Phi) is 6.57. The molecule has 24 heavy (non-hydrogen) atoms. The van der Waals surface area contributed by atoms with Crippen molar-refractivity contribution in [2.24, 2.45) is 0 Å². The van der Waals surface area contributed by atoms with E-state index < -0.39 is 0 Å². The summed E-state index contributed by atoms with van der Waals surface area (Å²) in [4.78, 5) is 28.3. The molecule has 2 amide bonds. The largest absolute Gasteiger partial charge is 0.399 e. The molecule has 0 unspecified atom stereocenters. The van der Waals surface area contributed by atoms with Gasteiger partial charge in [-0.05, 0) is 24.6 Å². The number of amides is 2. The smallest absolute Gasteiger partial charge is 0.254 e. The topological polar surface area (TPSA) is 87.9 Å². The van der Waals surface area contributed by atoms with Crippen LogP contribution < -0.4 is 11.1 Å². The SMILES string of the molecule is COCCNC(=O)CN1CCN(C(=O)c2cc(N)ccc2C)CC1. The molecule has 1 fully saturated rings. The van der Waals surface area contributed by atoms with Crippen molar-refractivity contribution in [2.45, 2.75) is 6.92 Å². The number of aryl methyl sites for hydroxylation is 1. The first-order valence-electron chi connectivity index (χ1n) is 8.14. The number of carbonyl (C=O) groups excluding carboxylic acids is 2. The van der Waals surface area contributed by atoms with E-state index in [1.165, 1.54) is 0 Å². The lowest BCUT2D eigenvalue weighted by Gasteiger charge is -2.34. The molecule has 0 aliphatic carbocycles. The van der Waals surface area contributed by atoms with Crippen LogP contribution in [-0.4, -0.2) is 74.6 Å². The molecule has 1 aliphatic heterocycles. The zero-order chi connectivity index (χ0) is 17.5. The Morgan fingerprint density at radius 1 is 1.25 bits per heavy atom. The van der Waals surface area contributed by atoms with Crippen molar-refractivity contribution >= 4 is 17.5 Å². The zero-order valence-electron chi connectivity index (χ0n) is 14.4. The number of hydrogen-bond acceptors (Lipinski definition) is 5. The summed E-state index contributed by atoms with van der Waals surface area (Å²) < 4.78 is 4.90. The van der Waals surface area contributed by atoms with Gasteiger partial charge < -0.3 is 20.7 Å². The number of anilines is 1. The molecule has 7 nitrogen and oxygen atoms in total. The van der Waals surface area contributed by atoms with Gasteiger partial charge in [-0.3, -0.25) is 14.5 Å². The summed E-state index contributed by atoms with van der Waals surface area (Å²) in [5.74, 6) is -0.0116. The van der Waals surface area contributed by atoms with Crippen LogP contribution in [0.1, 0.15) is 15.9 Å². The Labute approximate surface area is 142 Å². The molecule has 7 heteroatoms. The number of benzene rings is 1. The van der Waals surface area contributed by atoms with Crippen molar-refractivity contribution in [3.05, 3.63) is 29.3 Å². The quantitative estimate of drug-likeness (QED) is 0.569. The molecular formula is C17H26N4O3. The van der Waals surface area contributed by atoms with Crippen molar-refractivity contribution in [3.8, 4) is 0 Å². The summed E-state index contributed by atoms with van der Waals surface area (Å²) >= 11 is 0. The van der Waals surface area contributed by atoms with Crippen LogP contribution in [0.2, 0.25) is 0 Å². The van der Waals surface area contributed by atoms with Crippen molar-refractivity contribution in [1.82, 2.24) is 15.1 Å². The summed E-state index contributed by atoms with van der Waals surface area (Å²) in [5, 5.41) is 2.80. The van der Waals surface area contributed by atoms with E-state index in [2.05, 4.69) is 10.2 Å². The van der Waals surface area contributed by atoms with E-state index in [1.807, 2.05) is 17.9 Å². The Balaban J connectivity index is 1.83. The highest BCUT2D eigenvalue weighted by molar-refractivity contribution is 5.96. The number of nitrogens with two attached hydrogens (primary N) is 1. The van der Waals surface area contributed by atoms with Gasteiger partial charge in [-0.2, -0.15) is 0 Å². The second-order valence-electron chi connectivity index (χ2n) is 5.99. The fourth-order valence-corrected chi connectivity index (χ4v) is 2.70. The number of carbonyl (C=O) groups is 2. The third kappa shape index (κ3) is 4.94. The molecule has 3 N–H and O–H groups in total. The van der Waals surface area contributed by atoms with Gasteiger partial charge in [-0.25, -0.2) is 0 Å². The maximum Gasteiger partial charge on any atom is 0.254 e. The first-order valence-corrected chi connectivity index (χ1v) is 8.14. The van der Waals surface area contributed by atoms with Gasteiger partial charge in [0.25, 0.3) is 5.91 Å². The average Bonchev–Trinajstić information content (AvgIpc) is 2.57. The molecule has 0 aromatic heterocycles. The zero-order valence-corrected chi connectivity index (χ0v) is 14.4. The number of rotatable bonds is 6. The molecular weight excluding hydrogens is 308 g/mol. The summed E-state index contributed by atoms with van der Waals surface area (Å²) in [5.41, 5.74) is 7.96. The predicted octanol–water partition coefficient (Wildman–Crippen LogP) is 0.0976. The second-order valence-corrected chi connectivity index (χ2v) is 5.99. The monoisotopic (exact) mass is 334 g/mol. The second kappa shape index (κ2) is 8.65. The van der Waals surface area contributed by atoms with E-state index in [0.717, 1.165) is 5.56 Å². The van der Waals surface area contributed by atoms with Crippen molar-refractivity contribution in [3.63, 3.8) is 0 Å². The highest BCUT2D eigenvalue weighted by atomic mass is 16.5. The highest BCUT2D eigenvalue weighted by Crippen LogP contribution is 2.16. The number of nitrogens with zero attached hydrogens (tertiary/aromatic N) is 2. The van der Waals surface area contributed by atoms with E-state index in [1.54, 1.807) is 19.2 Å². The van der Waals surface area contributed by atoms with Gasteiger partial charge >= 0.3 is 0 Å². The van der Waals surface area contributed by atoms with Crippen LogP contribution in [0.5, 0.6) is 0 Å². The molecule has 0 atom stereocenters. The van der Waals surface area contributed by atoms with Crippen LogP contribution in [-0.2, 0) is 9.53 Å². The molecule has 1 aliphatic rings. The maximum atomic E-state index is 12.6. The van der Waals surface area contributed by atoms with Crippen LogP contribution in [0.4, 0.5) is 5.69 Å². The number of hydrogen-bond donors (Lipinski definition) is 2. The van der Waals surface area contributed by atoms with Gasteiger partial charge in [-0.1, -0.05) is 6.07 Å². The van der Waals surface area contributed by atoms with Crippen LogP contribution in [0.15, 0.2) is 18.2 Å². The summed E-state index contributed by atoms with van der Waals surface area (Å²) in [7, 11) is 1.60. The predicted molar refractivity (Wildman–Crippen MR) is 92.8 cm³/mol. The third-order valence-corrected chi connectivity index (χ3v) is 4.15. The third-order valence-electron chi connectivity index (χ3n) is 4.15. The first-order chi connectivity index (χ1) is 11.5. The minimum atomic E-state index is -0.0153. The fraction of sp³-hybridized carbons (Fsp3) is 0.529. The number of nitrogen functional groups attached to an aromatic ring is 1. The van der Waals surface area contributed by atoms with Gasteiger partial charge in [0, 0.05) is 51.1 Å². The van der Waals surface area contributed by atoms with Crippen LogP contribution in [0.3, 0.4) is 0 Å². The minimum Gasteiger partial charge on any atom is -0.399 e. The Morgan fingerprint density at radius 2 is 1.96 bits per heavy atom. The van der Waals surface area contributed by atoms with Gasteiger partial charge in [0.15, 0.2) is 0 Å². The van der Waals surface area contributed by atoms with Gasteiger partial charge in [0.2, 0.25) is 5.91 Å². The first kappa shape index (κ1) is 18.2. The van der Waals surface area contributed by atoms with E-state index in [0.29, 0.717) is 57.1 Å². The van der Waals surface area contributed by atoms with E-state index >= 15 is 0 Å². The molecule has 132 valence electrons. The highest BCUT2D eigenvalue weighted by Gasteiger charge is 2.24. The lowest BCUT2D eigenvalue weighted by Crippen LogP contribution is -2.51. The minimum absolute atomic E-state index is 0.00370. The van der Waals surface area contributed by atoms with Crippen molar-refractivity contribution in [2.75, 3.05) is 58.7 Å². The van der Waals surface area contributed by atoms with E-state index in [9.17, 15) is 9.59 Å². The van der Waals surface area contributed by atoms with Gasteiger partial charge in [0.05, 0.1) is 13.2 Å². The molecule has 1 aromatic rings. The Morgan fingerprint density at radius 3 is 2.62 bits per heavy atom. The lowest BCUT2D eigenvalue weighted by atomic mass is 10.1. The van der Waals surface area contributed by atoms with Crippen molar-refractivity contribution in [1.29, 1.82) is 0 Å². The van der Waals surface area contributed by atoms with E-state index in [-0.39, 0.29) is 11.8 Å². The number of piperazine rings is 1. The lowest BCUT2D eigenvalue weighted by molar-refractivity contribution is -0.122. The maximum absolute atomic E-state index is 12.6. The standard InChI is InChI=1S/C17H26N4O3/c1-13-3-4-14(18)11-15(13)17(23)21-8-6-20(7-9-21)12-16(22)19-5-10-24-2/h3-4,11H,5-10,12,18H2,1-2H3,(H,19,22). The summed E-state index contributed by atoms with van der Waals surface area (Å²) in [6, 6.07) is 5.39. The van der Waals surface area contributed by atoms with E-state index in [4.69, 9.17) is 10.5 Å². The van der Waals surface area contributed by atoms with Crippen LogP contribution in [0.25, 0.3) is 0 Å². The molecule has 2 rings (SSSR count).